The minimum Gasteiger partial charge on any atom is -0.351 e. The number of hydrogen-bond donors (Lipinski definition) is 2. The second-order valence-corrected chi connectivity index (χ2v) is 3.75. The molecule has 4 nitrogen and oxygen atoms in total. The number of nitrogens with one attached hydrogen (secondary N) is 1. The third-order valence-corrected chi connectivity index (χ3v) is 2.20. The first kappa shape index (κ1) is 12.9. The highest BCUT2D eigenvalue weighted by atomic mass is 16.2. The maximum absolute atomic E-state index is 11.5. The van der Waals surface area contributed by atoms with Gasteiger partial charge >= 0.3 is 0 Å². The summed E-state index contributed by atoms with van der Waals surface area (Å²) in [6.07, 6.45) is 1.09. The van der Waals surface area contributed by atoms with Crippen molar-refractivity contribution in [3.05, 3.63) is 0 Å². The van der Waals surface area contributed by atoms with E-state index in [1.807, 2.05) is 26.8 Å². The van der Waals surface area contributed by atoms with Crippen molar-refractivity contribution in [1.29, 1.82) is 5.26 Å². The number of rotatable bonds is 5. The number of carbonyl (C=O) groups excluding carboxylic acids is 1. The van der Waals surface area contributed by atoms with Gasteiger partial charge in [0, 0.05) is 6.04 Å². The lowest BCUT2D eigenvalue weighted by atomic mass is 10.0. The molecule has 80 valence electrons. The molecule has 0 spiro atoms. The minimum absolute atomic E-state index is 0.0719. The fraction of sp³-hybridized carbons (Fsp3) is 0.800. The van der Waals surface area contributed by atoms with E-state index in [2.05, 4.69) is 5.32 Å². The molecule has 0 radical (unpaired) electrons. The SMILES string of the molecule is CCC(CC#N)NC(=O)[C@@H](N)C(C)C. The predicted molar refractivity (Wildman–Crippen MR) is 55.3 cm³/mol. The van der Waals surface area contributed by atoms with E-state index in [4.69, 9.17) is 11.0 Å². The van der Waals surface area contributed by atoms with E-state index < -0.39 is 6.04 Å². The van der Waals surface area contributed by atoms with Crippen LogP contribution in [-0.2, 0) is 4.79 Å². The zero-order valence-corrected chi connectivity index (χ0v) is 9.08. The van der Waals surface area contributed by atoms with E-state index >= 15 is 0 Å². The summed E-state index contributed by atoms with van der Waals surface area (Å²) in [5.41, 5.74) is 5.66. The number of hydrogen-bond acceptors (Lipinski definition) is 3. The quantitative estimate of drug-likeness (QED) is 0.683. The second-order valence-electron chi connectivity index (χ2n) is 3.75. The van der Waals surface area contributed by atoms with Gasteiger partial charge in [-0.05, 0) is 12.3 Å². The average molecular weight is 197 g/mol. The summed E-state index contributed by atoms with van der Waals surface area (Å²) in [5, 5.41) is 11.3. The molecule has 0 heterocycles. The average Bonchev–Trinajstić information content (AvgIpc) is 2.15. The molecule has 0 aliphatic rings. The van der Waals surface area contributed by atoms with Gasteiger partial charge in [-0.15, -0.1) is 0 Å². The van der Waals surface area contributed by atoms with Gasteiger partial charge in [0.1, 0.15) is 0 Å². The van der Waals surface area contributed by atoms with Gasteiger partial charge < -0.3 is 11.1 Å². The Morgan fingerprint density at radius 1 is 1.57 bits per heavy atom. The molecule has 0 saturated carbocycles. The van der Waals surface area contributed by atoms with Gasteiger partial charge in [-0.1, -0.05) is 20.8 Å². The summed E-state index contributed by atoms with van der Waals surface area (Å²) in [6, 6.07) is 1.48. The number of nitriles is 1. The Bertz CT molecular complexity index is 220. The second kappa shape index (κ2) is 6.39. The highest BCUT2D eigenvalue weighted by Crippen LogP contribution is 2.01. The predicted octanol–water partition coefficient (Wildman–Crippen LogP) is 0.778. The van der Waals surface area contributed by atoms with E-state index in [-0.39, 0.29) is 17.9 Å². The van der Waals surface area contributed by atoms with Gasteiger partial charge in [0.25, 0.3) is 0 Å². The first-order valence-corrected chi connectivity index (χ1v) is 4.95. The van der Waals surface area contributed by atoms with Crippen LogP contribution in [0.2, 0.25) is 0 Å². The summed E-state index contributed by atoms with van der Waals surface area (Å²) in [5.74, 6) is -0.0447. The van der Waals surface area contributed by atoms with Crippen molar-refractivity contribution in [2.45, 2.75) is 45.7 Å². The van der Waals surface area contributed by atoms with Gasteiger partial charge in [0.2, 0.25) is 5.91 Å². The highest BCUT2D eigenvalue weighted by Gasteiger charge is 2.19. The van der Waals surface area contributed by atoms with Crippen molar-refractivity contribution >= 4 is 5.91 Å². The molecule has 0 fully saturated rings. The van der Waals surface area contributed by atoms with Gasteiger partial charge in [0.15, 0.2) is 0 Å². The van der Waals surface area contributed by atoms with Crippen LogP contribution in [0, 0.1) is 17.2 Å². The third kappa shape index (κ3) is 4.24. The molecular weight excluding hydrogens is 178 g/mol. The van der Waals surface area contributed by atoms with Crippen LogP contribution >= 0.6 is 0 Å². The van der Waals surface area contributed by atoms with E-state index in [0.29, 0.717) is 6.42 Å². The maximum atomic E-state index is 11.5. The molecule has 0 rings (SSSR count). The standard InChI is InChI=1S/C10H19N3O/c1-4-8(5-6-11)13-10(14)9(12)7(2)3/h7-9H,4-5,12H2,1-3H3,(H,13,14)/t8?,9-/m0/s1. The molecule has 0 aromatic carbocycles. The highest BCUT2D eigenvalue weighted by molar-refractivity contribution is 5.82. The lowest BCUT2D eigenvalue weighted by Gasteiger charge is -2.19. The van der Waals surface area contributed by atoms with Crippen LogP contribution < -0.4 is 11.1 Å². The van der Waals surface area contributed by atoms with Crippen LogP contribution in [0.15, 0.2) is 0 Å². The van der Waals surface area contributed by atoms with Crippen molar-refractivity contribution < 1.29 is 4.79 Å². The topological polar surface area (TPSA) is 78.9 Å². The number of nitrogens with two attached hydrogens (primary N) is 1. The lowest BCUT2D eigenvalue weighted by Crippen LogP contribution is -2.47. The summed E-state index contributed by atoms with van der Waals surface area (Å²) < 4.78 is 0. The van der Waals surface area contributed by atoms with Crippen molar-refractivity contribution in [2.75, 3.05) is 0 Å². The smallest absolute Gasteiger partial charge is 0.237 e. The van der Waals surface area contributed by atoms with Gasteiger partial charge in [-0.2, -0.15) is 5.26 Å². The van der Waals surface area contributed by atoms with Gasteiger partial charge in [-0.25, -0.2) is 0 Å². The summed E-state index contributed by atoms with van der Waals surface area (Å²) in [4.78, 5) is 11.5. The van der Waals surface area contributed by atoms with E-state index in [9.17, 15) is 4.79 Å². The fourth-order valence-corrected chi connectivity index (χ4v) is 1.01. The van der Waals surface area contributed by atoms with Crippen molar-refractivity contribution in [2.24, 2.45) is 11.7 Å². The molecule has 0 aliphatic heterocycles. The monoisotopic (exact) mass is 197 g/mol. The molecule has 0 aromatic heterocycles. The molecule has 4 heteroatoms. The molecule has 14 heavy (non-hydrogen) atoms. The summed E-state index contributed by atoms with van der Waals surface area (Å²) in [6.45, 7) is 5.73. The Kier molecular flexibility index (Phi) is 5.89. The van der Waals surface area contributed by atoms with E-state index in [0.717, 1.165) is 6.42 Å². The van der Waals surface area contributed by atoms with E-state index in [1.165, 1.54) is 0 Å². The Balaban J connectivity index is 4.09. The molecule has 0 aliphatic carbocycles. The van der Waals surface area contributed by atoms with Crippen LogP contribution in [0.1, 0.15) is 33.6 Å². The van der Waals surface area contributed by atoms with Crippen molar-refractivity contribution in [3.63, 3.8) is 0 Å². The fourth-order valence-electron chi connectivity index (χ4n) is 1.01. The van der Waals surface area contributed by atoms with Crippen LogP contribution in [0.4, 0.5) is 0 Å². The Labute approximate surface area is 85.5 Å². The Morgan fingerprint density at radius 3 is 2.50 bits per heavy atom. The Hall–Kier alpha value is -1.08. The molecular formula is C10H19N3O. The third-order valence-electron chi connectivity index (χ3n) is 2.20. The van der Waals surface area contributed by atoms with Gasteiger partial charge in [0.05, 0.1) is 18.5 Å². The first-order chi connectivity index (χ1) is 6.52. The van der Waals surface area contributed by atoms with Crippen LogP contribution in [0.3, 0.4) is 0 Å². The minimum atomic E-state index is -0.484. The molecule has 0 saturated heterocycles. The van der Waals surface area contributed by atoms with Gasteiger partial charge in [-0.3, -0.25) is 4.79 Å². The van der Waals surface area contributed by atoms with Crippen LogP contribution in [0.25, 0.3) is 0 Å². The number of amides is 1. The molecule has 0 aromatic rings. The summed E-state index contributed by atoms with van der Waals surface area (Å²) in [7, 11) is 0. The molecule has 0 bridgehead atoms. The van der Waals surface area contributed by atoms with Crippen LogP contribution in [-0.4, -0.2) is 18.0 Å². The lowest BCUT2D eigenvalue weighted by molar-refractivity contribution is -0.123. The van der Waals surface area contributed by atoms with Crippen molar-refractivity contribution in [3.8, 4) is 6.07 Å². The zero-order chi connectivity index (χ0) is 11.1. The molecule has 1 unspecified atom stereocenters. The molecule has 3 N–H and O–H groups in total. The maximum Gasteiger partial charge on any atom is 0.237 e. The number of nitrogens with zero attached hydrogens (tertiary/aromatic N) is 1. The number of carbonyl (C=O) groups is 1. The van der Waals surface area contributed by atoms with Crippen LogP contribution in [0.5, 0.6) is 0 Å². The largest absolute Gasteiger partial charge is 0.351 e. The first-order valence-electron chi connectivity index (χ1n) is 4.95. The normalized spacial score (nSPS) is 14.6. The summed E-state index contributed by atoms with van der Waals surface area (Å²) >= 11 is 0. The molecule has 1 amide bonds. The van der Waals surface area contributed by atoms with E-state index in [1.54, 1.807) is 0 Å². The zero-order valence-electron chi connectivity index (χ0n) is 9.08. The molecule has 2 atom stereocenters. The Morgan fingerprint density at radius 2 is 2.14 bits per heavy atom. The van der Waals surface area contributed by atoms with Crippen molar-refractivity contribution in [1.82, 2.24) is 5.32 Å².